The molecule has 0 aliphatic carbocycles. The molecule has 1 N–H and O–H groups in total. The molecule has 1 aliphatic rings. The van der Waals surface area contributed by atoms with E-state index in [1.165, 1.54) is 0 Å². The van der Waals surface area contributed by atoms with E-state index in [1.807, 2.05) is 24.3 Å². The van der Waals surface area contributed by atoms with Crippen LogP contribution in [0.4, 0.5) is 0 Å². The topological polar surface area (TPSA) is 59.0 Å². The third kappa shape index (κ3) is 5.97. The Hall–Kier alpha value is -1.85. The van der Waals surface area contributed by atoms with Crippen LogP contribution in [0.3, 0.4) is 0 Å². The zero-order valence-electron chi connectivity index (χ0n) is 12.0. The number of rotatable bonds is 6. The van der Waals surface area contributed by atoms with Crippen molar-refractivity contribution in [1.82, 2.24) is 4.90 Å². The van der Waals surface area contributed by atoms with E-state index in [4.69, 9.17) is 14.6 Å². The van der Waals surface area contributed by atoms with Crippen molar-refractivity contribution in [2.24, 2.45) is 0 Å². The normalized spacial score (nSPS) is 16.8. The molecule has 1 heterocycles. The molecule has 2 rings (SSSR count). The molecule has 114 valence electrons. The highest BCUT2D eigenvalue weighted by Gasteiger charge is 2.08. The fourth-order valence-corrected chi connectivity index (χ4v) is 2.19. The number of carboxylic acids is 1. The van der Waals surface area contributed by atoms with E-state index in [-0.39, 0.29) is 0 Å². The van der Waals surface area contributed by atoms with Gasteiger partial charge in [0, 0.05) is 32.3 Å². The summed E-state index contributed by atoms with van der Waals surface area (Å²) < 4.78 is 11.1. The molecule has 0 spiro atoms. The van der Waals surface area contributed by atoms with E-state index in [9.17, 15) is 4.79 Å². The van der Waals surface area contributed by atoms with E-state index in [0.717, 1.165) is 56.7 Å². The van der Waals surface area contributed by atoms with Gasteiger partial charge in [0.2, 0.25) is 0 Å². The fraction of sp³-hybridized carbons (Fsp3) is 0.438. The SMILES string of the molecule is O=C(O)C=Cc1cccc(OCCN2CCCOCC2)c1. The Balaban J connectivity index is 1.79. The highest BCUT2D eigenvalue weighted by molar-refractivity contribution is 5.85. The van der Waals surface area contributed by atoms with Gasteiger partial charge in [0.15, 0.2) is 0 Å². The summed E-state index contributed by atoms with van der Waals surface area (Å²) in [6.45, 7) is 5.12. The maximum absolute atomic E-state index is 10.5. The Morgan fingerprint density at radius 2 is 2.29 bits per heavy atom. The van der Waals surface area contributed by atoms with Crippen molar-refractivity contribution in [2.45, 2.75) is 6.42 Å². The summed E-state index contributed by atoms with van der Waals surface area (Å²) >= 11 is 0. The van der Waals surface area contributed by atoms with Crippen molar-refractivity contribution in [1.29, 1.82) is 0 Å². The van der Waals surface area contributed by atoms with E-state index in [1.54, 1.807) is 6.08 Å². The van der Waals surface area contributed by atoms with Crippen molar-refractivity contribution in [3.63, 3.8) is 0 Å². The van der Waals surface area contributed by atoms with Crippen LogP contribution in [0.5, 0.6) is 5.75 Å². The van der Waals surface area contributed by atoms with Crippen LogP contribution in [0.1, 0.15) is 12.0 Å². The van der Waals surface area contributed by atoms with Crippen LogP contribution in [-0.2, 0) is 9.53 Å². The molecule has 0 radical (unpaired) electrons. The highest BCUT2D eigenvalue weighted by atomic mass is 16.5. The van der Waals surface area contributed by atoms with E-state index in [2.05, 4.69) is 4.90 Å². The zero-order valence-corrected chi connectivity index (χ0v) is 12.0. The van der Waals surface area contributed by atoms with Gasteiger partial charge in [-0.05, 0) is 30.2 Å². The lowest BCUT2D eigenvalue weighted by Gasteiger charge is -2.19. The summed E-state index contributed by atoms with van der Waals surface area (Å²) in [5.41, 5.74) is 0.818. The van der Waals surface area contributed by atoms with Crippen LogP contribution in [0.15, 0.2) is 30.3 Å². The summed E-state index contributed by atoms with van der Waals surface area (Å²) in [5, 5.41) is 8.62. The van der Waals surface area contributed by atoms with Gasteiger partial charge in [-0.1, -0.05) is 12.1 Å². The van der Waals surface area contributed by atoms with Gasteiger partial charge in [-0.2, -0.15) is 0 Å². The first kappa shape index (κ1) is 15.5. The molecule has 21 heavy (non-hydrogen) atoms. The number of ether oxygens (including phenoxy) is 2. The molecule has 0 saturated carbocycles. The predicted molar refractivity (Wildman–Crippen MR) is 80.5 cm³/mol. The molecule has 0 aromatic heterocycles. The molecule has 0 amide bonds. The summed E-state index contributed by atoms with van der Waals surface area (Å²) in [6.07, 6.45) is 3.74. The number of hydrogen-bond donors (Lipinski definition) is 1. The average molecular weight is 291 g/mol. The summed E-state index contributed by atoms with van der Waals surface area (Å²) in [5.74, 6) is -0.196. The molecule has 0 atom stereocenters. The first-order valence-electron chi connectivity index (χ1n) is 7.18. The monoisotopic (exact) mass is 291 g/mol. The van der Waals surface area contributed by atoms with Crippen LogP contribution in [0.2, 0.25) is 0 Å². The van der Waals surface area contributed by atoms with Crippen molar-refractivity contribution in [3.8, 4) is 5.75 Å². The molecule has 1 saturated heterocycles. The molecular formula is C16H21NO4. The number of benzene rings is 1. The van der Waals surface area contributed by atoms with Crippen molar-refractivity contribution < 1.29 is 19.4 Å². The number of aliphatic carboxylic acids is 1. The predicted octanol–water partition coefficient (Wildman–Crippen LogP) is 1.89. The number of carbonyl (C=O) groups is 1. The minimum absolute atomic E-state index is 0.617. The molecule has 1 aromatic rings. The van der Waals surface area contributed by atoms with Crippen LogP contribution >= 0.6 is 0 Å². The largest absolute Gasteiger partial charge is 0.492 e. The molecule has 1 aromatic carbocycles. The summed E-state index contributed by atoms with van der Waals surface area (Å²) in [4.78, 5) is 12.8. The highest BCUT2D eigenvalue weighted by Crippen LogP contribution is 2.14. The van der Waals surface area contributed by atoms with Crippen LogP contribution in [0.25, 0.3) is 6.08 Å². The van der Waals surface area contributed by atoms with E-state index in [0.29, 0.717) is 6.61 Å². The third-order valence-corrected chi connectivity index (χ3v) is 3.27. The smallest absolute Gasteiger partial charge is 0.328 e. The van der Waals surface area contributed by atoms with Crippen molar-refractivity contribution in [2.75, 3.05) is 39.5 Å². The van der Waals surface area contributed by atoms with Gasteiger partial charge in [-0.3, -0.25) is 4.90 Å². The Labute approximate surface area is 124 Å². The van der Waals surface area contributed by atoms with Crippen LogP contribution in [0, 0.1) is 0 Å². The Morgan fingerprint density at radius 3 is 3.14 bits per heavy atom. The van der Waals surface area contributed by atoms with Crippen molar-refractivity contribution in [3.05, 3.63) is 35.9 Å². The van der Waals surface area contributed by atoms with E-state index < -0.39 is 5.97 Å². The van der Waals surface area contributed by atoms with Gasteiger partial charge >= 0.3 is 5.97 Å². The standard InChI is InChI=1S/C16H21NO4/c18-16(19)6-5-14-3-1-4-15(13-14)21-12-9-17-7-2-10-20-11-8-17/h1,3-6,13H,2,7-12H2,(H,18,19). The maximum Gasteiger partial charge on any atom is 0.328 e. The van der Waals surface area contributed by atoms with Gasteiger partial charge < -0.3 is 14.6 Å². The van der Waals surface area contributed by atoms with E-state index >= 15 is 0 Å². The lowest BCUT2D eigenvalue weighted by atomic mass is 10.2. The summed E-state index contributed by atoms with van der Waals surface area (Å²) in [7, 11) is 0. The number of nitrogens with zero attached hydrogens (tertiary/aromatic N) is 1. The van der Waals surface area contributed by atoms with Gasteiger partial charge in [0.25, 0.3) is 0 Å². The maximum atomic E-state index is 10.5. The Kier molecular flexibility index (Phi) is 6.24. The molecule has 1 fully saturated rings. The second-order valence-electron chi connectivity index (χ2n) is 4.90. The van der Waals surface area contributed by atoms with Crippen molar-refractivity contribution >= 4 is 12.0 Å². The first-order chi connectivity index (χ1) is 10.2. The van der Waals surface area contributed by atoms with Crippen LogP contribution in [-0.4, -0.2) is 55.4 Å². The molecule has 5 heteroatoms. The fourth-order valence-electron chi connectivity index (χ4n) is 2.19. The number of carboxylic acid groups (broad SMARTS) is 1. The molecule has 1 aliphatic heterocycles. The third-order valence-electron chi connectivity index (χ3n) is 3.27. The summed E-state index contributed by atoms with van der Waals surface area (Å²) in [6, 6.07) is 7.42. The van der Waals surface area contributed by atoms with Crippen LogP contribution < -0.4 is 4.74 Å². The molecular weight excluding hydrogens is 270 g/mol. The molecule has 0 bridgehead atoms. The second kappa shape index (κ2) is 8.44. The zero-order chi connectivity index (χ0) is 14.9. The Morgan fingerprint density at radius 1 is 1.38 bits per heavy atom. The number of hydrogen-bond acceptors (Lipinski definition) is 4. The average Bonchev–Trinajstić information content (AvgIpc) is 2.74. The molecule has 5 nitrogen and oxygen atoms in total. The molecule has 0 unspecified atom stereocenters. The second-order valence-corrected chi connectivity index (χ2v) is 4.90. The minimum atomic E-state index is -0.954. The lowest BCUT2D eigenvalue weighted by Crippen LogP contribution is -2.30. The Bertz CT molecular complexity index is 479. The van der Waals surface area contributed by atoms with Gasteiger partial charge in [0.1, 0.15) is 12.4 Å². The lowest BCUT2D eigenvalue weighted by molar-refractivity contribution is -0.131. The van der Waals surface area contributed by atoms with Gasteiger partial charge in [-0.25, -0.2) is 4.79 Å². The van der Waals surface area contributed by atoms with Gasteiger partial charge in [0.05, 0.1) is 6.61 Å². The first-order valence-corrected chi connectivity index (χ1v) is 7.18. The minimum Gasteiger partial charge on any atom is -0.492 e. The quantitative estimate of drug-likeness (QED) is 0.811. The van der Waals surface area contributed by atoms with Gasteiger partial charge in [-0.15, -0.1) is 0 Å².